The normalized spacial score (nSPS) is 15.3. The Hall–Kier alpha value is -1.42. The largest absolute Gasteiger partial charge is 0.354 e. The molecule has 3 nitrogen and oxygen atoms in total. The molecule has 0 saturated carbocycles. The van der Waals surface area contributed by atoms with Crippen molar-refractivity contribution in [3.8, 4) is 0 Å². The number of hydrogen-bond acceptors (Lipinski definition) is 4. The van der Waals surface area contributed by atoms with Crippen molar-refractivity contribution in [1.29, 1.82) is 0 Å². The van der Waals surface area contributed by atoms with Crippen molar-refractivity contribution < 1.29 is 0 Å². The number of nitrogens with zero attached hydrogens (tertiary/aromatic N) is 2. The van der Waals surface area contributed by atoms with E-state index >= 15 is 0 Å². The molecule has 1 unspecified atom stereocenters. The van der Waals surface area contributed by atoms with Crippen LogP contribution in [0.4, 0.5) is 5.13 Å². The van der Waals surface area contributed by atoms with Crippen LogP contribution in [0.1, 0.15) is 48.0 Å². The summed E-state index contributed by atoms with van der Waals surface area (Å²) in [5.41, 5.74) is 4.40. The molecule has 1 aliphatic rings. The Bertz CT molecular complexity index is 577. The summed E-state index contributed by atoms with van der Waals surface area (Å²) in [4.78, 5) is 0. The molecule has 1 aromatic heterocycles. The van der Waals surface area contributed by atoms with Gasteiger partial charge in [-0.15, -0.1) is 10.2 Å². The maximum absolute atomic E-state index is 4.18. The fraction of sp³-hybridized carbons (Fsp3) is 0.467. The summed E-state index contributed by atoms with van der Waals surface area (Å²) in [5, 5.41) is 13.8. The standard InChI is InChI=1S/C15H19N3S/c1-3-14-17-18-15(19-14)16-10(2)12-8-7-11-5-4-6-13(11)9-12/h7-10H,3-6H2,1-2H3,(H,16,18). The summed E-state index contributed by atoms with van der Waals surface area (Å²) >= 11 is 1.65. The number of aromatic nitrogens is 2. The number of fused-ring (bicyclic) bond motifs is 1. The van der Waals surface area contributed by atoms with E-state index in [1.54, 1.807) is 11.3 Å². The molecule has 1 N–H and O–H groups in total. The number of anilines is 1. The van der Waals surface area contributed by atoms with Gasteiger partial charge in [0.05, 0.1) is 6.04 Å². The monoisotopic (exact) mass is 273 g/mol. The van der Waals surface area contributed by atoms with Crippen LogP contribution < -0.4 is 5.32 Å². The number of rotatable bonds is 4. The molecule has 0 radical (unpaired) electrons. The fourth-order valence-electron chi connectivity index (χ4n) is 2.58. The van der Waals surface area contributed by atoms with E-state index in [0.29, 0.717) is 0 Å². The Morgan fingerprint density at radius 2 is 2.11 bits per heavy atom. The van der Waals surface area contributed by atoms with Crippen molar-refractivity contribution in [1.82, 2.24) is 10.2 Å². The van der Waals surface area contributed by atoms with Crippen LogP contribution in [0.25, 0.3) is 0 Å². The third kappa shape index (κ3) is 2.63. The zero-order valence-corrected chi connectivity index (χ0v) is 12.3. The first-order valence-electron chi connectivity index (χ1n) is 6.97. The summed E-state index contributed by atoms with van der Waals surface area (Å²) in [6.45, 7) is 4.29. The van der Waals surface area contributed by atoms with E-state index in [2.05, 4.69) is 47.6 Å². The highest BCUT2D eigenvalue weighted by atomic mass is 32.1. The van der Waals surface area contributed by atoms with Crippen molar-refractivity contribution in [3.05, 3.63) is 39.9 Å². The molecule has 1 aliphatic carbocycles. The van der Waals surface area contributed by atoms with E-state index in [4.69, 9.17) is 0 Å². The lowest BCUT2D eigenvalue weighted by Crippen LogP contribution is -2.06. The zero-order valence-electron chi connectivity index (χ0n) is 11.4. The highest BCUT2D eigenvalue weighted by Crippen LogP contribution is 2.27. The van der Waals surface area contributed by atoms with E-state index in [0.717, 1.165) is 16.6 Å². The first-order valence-corrected chi connectivity index (χ1v) is 7.78. The van der Waals surface area contributed by atoms with E-state index in [1.807, 2.05) is 0 Å². The van der Waals surface area contributed by atoms with E-state index in [1.165, 1.54) is 36.0 Å². The quantitative estimate of drug-likeness (QED) is 0.921. The molecular weight excluding hydrogens is 254 g/mol. The van der Waals surface area contributed by atoms with Crippen LogP contribution in [0.5, 0.6) is 0 Å². The van der Waals surface area contributed by atoms with Gasteiger partial charge in [-0.3, -0.25) is 0 Å². The summed E-state index contributed by atoms with van der Waals surface area (Å²) in [6.07, 6.45) is 4.73. The van der Waals surface area contributed by atoms with Gasteiger partial charge in [0, 0.05) is 0 Å². The van der Waals surface area contributed by atoms with Crippen LogP contribution in [0.2, 0.25) is 0 Å². The predicted octanol–water partition coefficient (Wildman–Crippen LogP) is 3.76. The topological polar surface area (TPSA) is 37.8 Å². The molecule has 1 aromatic carbocycles. The van der Waals surface area contributed by atoms with Crippen molar-refractivity contribution >= 4 is 16.5 Å². The highest BCUT2D eigenvalue weighted by Gasteiger charge is 2.14. The van der Waals surface area contributed by atoms with E-state index in [9.17, 15) is 0 Å². The minimum absolute atomic E-state index is 0.281. The van der Waals surface area contributed by atoms with Crippen LogP contribution in [0, 0.1) is 0 Å². The molecule has 3 rings (SSSR count). The Labute approximate surface area is 118 Å². The van der Waals surface area contributed by atoms with E-state index in [-0.39, 0.29) is 6.04 Å². The third-order valence-electron chi connectivity index (χ3n) is 3.73. The Morgan fingerprint density at radius 1 is 1.26 bits per heavy atom. The van der Waals surface area contributed by atoms with Crippen molar-refractivity contribution in [2.75, 3.05) is 5.32 Å². The molecule has 0 spiro atoms. The number of nitrogens with one attached hydrogen (secondary N) is 1. The van der Waals surface area contributed by atoms with Crippen LogP contribution in [-0.4, -0.2) is 10.2 Å². The van der Waals surface area contributed by atoms with Crippen molar-refractivity contribution in [2.24, 2.45) is 0 Å². The molecule has 0 fully saturated rings. The van der Waals surface area contributed by atoms with Gasteiger partial charge in [-0.2, -0.15) is 0 Å². The fourth-order valence-corrected chi connectivity index (χ4v) is 3.35. The average molecular weight is 273 g/mol. The molecular formula is C15H19N3S. The smallest absolute Gasteiger partial charge is 0.206 e. The lowest BCUT2D eigenvalue weighted by atomic mass is 10.0. The number of hydrogen-bond donors (Lipinski definition) is 1. The number of benzene rings is 1. The maximum Gasteiger partial charge on any atom is 0.206 e. The maximum atomic E-state index is 4.18. The summed E-state index contributed by atoms with van der Waals surface area (Å²) in [7, 11) is 0. The Morgan fingerprint density at radius 3 is 2.89 bits per heavy atom. The van der Waals surface area contributed by atoms with E-state index < -0.39 is 0 Å². The molecule has 100 valence electrons. The lowest BCUT2D eigenvalue weighted by Gasteiger charge is -2.14. The Kier molecular flexibility index (Phi) is 3.51. The molecule has 0 saturated heterocycles. The van der Waals surface area contributed by atoms with Crippen LogP contribution in [-0.2, 0) is 19.3 Å². The van der Waals surface area contributed by atoms with Crippen molar-refractivity contribution in [3.63, 3.8) is 0 Å². The van der Waals surface area contributed by atoms with Gasteiger partial charge in [-0.05, 0) is 49.3 Å². The van der Waals surface area contributed by atoms with Gasteiger partial charge in [0.15, 0.2) is 0 Å². The second-order valence-electron chi connectivity index (χ2n) is 5.10. The molecule has 4 heteroatoms. The second-order valence-corrected chi connectivity index (χ2v) is 6.16. The van der Waals surface area contributed by atoms with Crippen LogP contribution >= 0.6 is 11.3 Å². The SMILES string of the molecule is CCc1nnc(NC(C)c2ccc3c(c2)CCC3)s1. The average Bonchev–Trinajstić information content (AvgIpc) is 3.05. The van der Waals surface area contributed by atoms with Gasteiger partial charge in [0.1, 0.15) is 5.01 Å². The predicted molar refractivity (Wildman–Crippen MR) is 79.8 cm³/mol. The van der Waals surface area contributed by atoms with Gasteiger partial charge < -0.3 is 5.32 Å². The zero-order chi connectivity index (χ0) is 13.2. The minimum Gasteiger partial charge on any atom is -0.354 e. The number of aryl methyl sites for hydroxylation is 3. The molecule has 1 heterocycles. The first-order chi connectivity index (χ1) is 9.26. The molecule has 2 aromatic rings. The van der Waals surface area contributed by atoms with Crippen LogP contribution in [0.15, 0.2) is 18.2 Å². The lowest BCUT2D eigenvalue weighted by molar-refractivity contribution is 0.866. The molecule has 0 bridgehead atoms. The molecule has 1 atom stereocenters. The van der Waals surface area contributed by atoms with Crippen molar-refractivity contribution in [2.45, 2.75) is 45.6 Å². The van der Waals surface area contributed by atoms with Gasteiger partial charge in [-0.1, -0.05) is 36.5 Å². The molecule has 0 aliphatic heterocycles. The second kappa shape index (κ2) is 5.29. The summed E-state index contributed by atoms with van der Waals surface area (Å²) < 4.78 is 0. The first kappa shape index (κ1) is 12.6. The molecule has 0 amide bonds. The molecule has 19 heavy (non-hydrogen) atoms. The van der Waals surface area contributed by atoms with Crippen LogP contribution in [0.3, 0.4) is 0 Å². The highest BCUT2D eigenvalue weighted by molar-refractivity contribution is 7.15. The minimum atomic E-state index is 0.281. The van der Waals surface area contributed by atoms with Gasteiger partial charge in [0.2, 0.25) is 5.13 Å². The van der Waals surface area contributed by atoms with Gasteiger partial charge >= 0.3 is 0 Å². The summed E-state index contributed by atoms with van der Waals surface area (Å²) in [5.74, 6) is 0. The van der Waals surface area contributed by atoms with Gasteiger partial charge in [0.25, 0.3) is 0 Å². The van der Waals surface area contributed by atoms with Gasteiger partial charge in [-0.25, -0.2) is 0 Å². The third-order valence-corrected chi connectivity index (χ3v) is 4.73. The Balaban J connectivity index is 1.74. The summed E-state index contributed by atoms with van der Waals surface area (Å²) in [6, 6.07) is 7.15.